The molecular weight excluding hydrogens is 178 g/mol. The monoisotopic (exact) mass is 197 g/mol. The van der Waals surface area contributed by atoms with E-state index in [1.54, 1.807) is 6.20 Å². The van der Waals surface area contributed by atoms with Gasteiger partial charge in [-0.1, -0.05) is 6.92 Å². The minimum Gasteiger partial charge on any atom is -0.338 e. The standard InChI is InChI=1S/C10H15N3O.2H2/c1-3-8-5-6-12-9(7-8)13-10(14)11-4-2;;/h5-7H,3-4H2,1-2H3,(H2,11,12,13,14);2*1H. The molecule has 0 saturated heterocycles. The molecule has 1 aromatic heterocycles. The fraction of sp³-hybridized carbons (Fsp3) is 0.400. The number of aryl methyl sites for hydroxylation is 1. The highest BCUT2D eigenvalue weighted by molar-refractivity contribution is 5.88. The zero-order chi connectivity index (χ0) is 10.4. The van der Waals surface area contributed by atoms with Gasteiger partial charge >= 0.3 is 6.03 Å². The first kappa shape index (κ1) is 10.5. The average Bonchev–Trinajstić information content (AvgIpc) is 2.18. The second-order valence-electron chi connectivity index (χ2n) is 2.89. The smallest absolute Gasteiger partial charge is 0.320 e. The molecule has 0 unspecified atom stereocenters. The first-order chi connectivity index (χ1) is 6.76. The van der Waals surface area contributed by atoms with Crippen molar-refractivity contribution in [3.8, 4) is 0 Å². The average molecular weight is 197 g/mol. The number of hydrogen-bond acceptors (Lipinski definition) is 2. The molecule has 0 radical (unpaired) electrons. The SMILES string of the molecule is CCNC(=O)Nc1cc(CC)ccn1.[HH].[HH]. The van der Waals surface area contributed by atoms with Crippen LogP contribution in [0.15, 0.2) is 18.3 Å². The second kappa shape index (κ2) is 5.21. The molecule has 1 heterocycles. The number of aromatic nitrogens is 1. The van der Waals surface area contributed by atoms with Gasteiger partial charge in [0.05, 0.1) is 0 Å². The summed E-state index contributed by atoms with van der Waals surface area (Å²) in [6, 6.07) is 3.59. The maximum absolute atomic E-state index is 11.1. The summed E-state index contributed by atoms with van der Waals surface area (Å²) >= 11 is 0. The summed E-state index contributed by atoms with van der Waals surface area (Å²) in [7, 11) is 0. The molecule has 4 heteroatoms. The lowest BCUT2D eigenvalue weighted by molar-refractivity contribution is 0.252. The minimum atomic E-state index is -0.215. The van der Waals surface area contributed by atoms with Gasteiger partial charge in [0, 0.05) is 15.6 Å². The van der Waals surface area contributed by atoms with E-state index >= 15 is 0 Å². The van der Waals surface area contributed by atoms with Crippen LogP contribution in [0.25, 0.3) is 0 Å². The van der Waals surface area contributed by atoms with E-state index < -0.39 is 0 Å². The van der Waals surface area contributed by atoms with Gasteiger partial charge in [-0.2, -0.15) is 0 Å². The normalized spacial score (nSPS) is 9.57. The van der Waals surface area contributed by atoms with Crippen molar-refractivity contribution in [2.24, 2.45) is 0 Å². The first-order valence-electron chi connectivity index (χ1n) is 4.76. The van der Waals surface area contributed by atoms with Crippen molar-refractivity contribution in [1.82, 2.24) is 10.3 Å². The number of rotatable bonds is 3. The van der Waals surface area contributed by atoms with Gasteiger partial charge in [0.25, 0.3) is 0 Å². The Bertz CT molecular complexity index is 321. The Morgan fingerprint density at radius 1 is 1.57 bits per heavy atom. The number of urea groups is 1. The van der Waals surface area contributed by atoms with E-state index in [1.807, 2.05) is 19.1 Å². The summed E-state index contributed by atoms with van der Waals surface area (Å²) in [4.78, 5) is 15.2. The molecule has 1 aromatic rings. The van der Waals surface area contributed by atoms with Crippen LogP contribution in [0.3, 0.4) is 0 Å². The third kappa shape index (κ3) is 3.05. The third-order valence-corrected chi connectivity index (χ3v) is 1.81. The molecule has 2 N–H and O–H groups in total. The lowest BCUT2D eigenvalue weighted by atomic mass is 10.2. The third-order valence-electron chi connectivity index (χ3n) is 1.81. The highest BCUT2D eigenvalue weighted by Crippen LogP contribution is 2.06. The predicted molar refractivity (Wildman–Crippen MR) is 60.5 cm³/mol. The fourth-order valence-corrected chi connectivity index (χ4v) is 1.08. The van der Waals surface area contributed by atoms with Crippen LogP contribution in [0.2, 0.25) is 0 Å². The van der Waals surface area contributed by atoms with E-state index in [4.69, 9.17) is 0 Å². The van der Waals surface area contributed by atoms with E-state index in [9.17, 15) is 4.79 Å². The molecule has 0 saturated carbocycles. The van der Waals surface area contributed by atoms with Crippen molar-refractivity contribution in [2.45, 2.75) is 20.3 Å². The van der Waals surface area contributed by atoms with Crippen molar-refractivity contribution < 1.29 is 7.65 Å². The van der Waals surface area contributed by atoms with Crippen molar-refractivity contribution in [1.29, 1.82) is 0 Å². The Morgan fingerprint density at radius 3 is 3.00 bits per heavy atom. The minimum absolute atomic E-state index is 0. The van der Waals surface area contributed by atoms with Gasteiger partial charge in [-0.25, -0.2) is 9.78 Å². The summed E-state index contributed by atoms with van der Waals surface area (Å²) in [5.74, 6) is 0.593. The Balaban J connectivity index is 0. The zero-order valence-corrected chi connectivity index (χ0v) is 8.50. The second-order valence-corrected chi connectivity index (χ2v) is 2.89. The number of nitrogens with zero attached hydrogens (tertiary/aromatic N) is 1. The van der Waals surface area contributed by atoms with Crippen LogP contribution in [0.1, 0.15) is 22.3 Å². The van der Waals surface area contributed by atoms with Crippen LogP contribution in [0, 0.1) is 0 Å². The molecule has 1 rings (SSSR count). The highest BCUT2D eigenvalue weighted by Gasteiger charge is 2.00. The van der Waals surface area contributed by atoms with E-state index in [1.165, 1.54) is 0 Å². The molecule has 4 nitrogen and oxygen atoms in total. The molecule has 80 valence electrons. The maximum atomic E-state index is 11.1. The summed E-state index contributed by atoms with van der Waals surface area (Å²) in [5, 5.41) is 5.30. The van der Waals surface area contributed by atoms with Crippen molar-refractivity contribution >= 4 is 11.8 Å². The van der Waals surface area contributed by atoms with Crippen LogP contribution in [-0.2, 0) is 6.42 Å². The summed E-state index contributed by atoms with van der Waals surface area (Å²) in [6.07, 6.45) is 2.63. The summed E-state index contributed by atoms with van der Waals surface area (Å²) < 4.78 is 0. The van der Waals surface area contributed by atoms with E-state index in [0.29, 0.717) is 12.4 Å². The Morgan fingerprint density at radius 2 is 2.36 bits per heavy atom. The lowest BCUT2D eigenvalue weighted by Crippen LogP contribution is -2.28. The van der Waals surface area contributed by atoms with Gasteiger partial charge in [0.1, 0.15) is 5.82 Å². The van der Waals surface area contributed by atoms with Crippen LogP contribution < -0.4 is 10.6 Å². The van der Waals surface area contributed by atoms with Crippen molar-refractivity contribution in [3.05, 3.63) is 23.9 Å². The number of carbonyl (C=O) groups excluding carboxylic acids is 1. The molecule has 0 aliphatic heterocycles. The van der Waals surface area contributed by atoms with Gasteiger partial charge in [-0.15, -0.1) is 0 Å². The molecule has 0 fully saturated rings. The lowest BCUT2D eigenvalue weighted by Gasteiger charge is -2.05. The number of nitrogens with one attached hydrogen (secondary N) is 2. The van der Waals surface area contributed by atoms with Gasteiger partial charge in [0.15, 0.2) is 0 Å². The molecular formula is C10H19N3O. The Labute approximate surface area is 86.7 Å². The van der Waals surface area contributed by atoms with Gasteiger partial charge in [-0.05, 0) is 31.0 Å². The van der Waals surface area contributed by atoms with Crippen LogP contribution >= 0.6 is 0 Å². The van der Waals surface area contributed by atoms with Gasteiger partial charge in [0.2, 0.25) is 0 Å². The number of anilines is 1. The van der Waals surface area contributed by atoms with Gasteiger partial charge in [-0.3, -0.25) is 5.32 Å². The van der Waals surface area contributed by atoms with Crippen LogP contribution in [0.4, 0.5) is 10.6 Å². The molecule has 0 aromatic carbocycles. The molecule has 0 atom stereocenters. The van der Waals surface area contributed by atoms with Crippen molar-refractivity contribution in [2.75, 3.05) is 11.9 Å². The fourth-order valence-electron chi connectivity index (χ4n) is 1.08. The number of pyridine rings is 1. The van der Waals surface area contributed by atoms with Crippen LogP contribution in [0.5, 0.6) is 0 Å². The highest BCUT2D eigenvalue weighted by atomic mass is 16.2. The maximum Gasteiger partial charge on any atom is 0.320 e. The van der Waals surface area contributed by atoms with Crippen LogP contribution in [-0.4, -0.2) is 17.6 Å². The number of carbonyl (C=O) groups is 1. The molecule has 2 amide bonds. The Kier molecular flexibility index (Phi) is 3.91. The topological polar surface area (TPSA) is 54.0 Å². The summed E-state index contributed by atoms with van der Waals surface area (Å²) in [6.45, 7) is 4.54. The van der Waals surface area contributed by atoms with E-state index in [2.05, 4.69) is 22.5 Å². The predicted octanol–water partition coefficient (Wildman–Crippen LogP) is 2.28. The largest absolute Gasteiger partial charge is 0.338 e. The molecule has 0 spiro atoms. The number of amides is 2. The quantitative estimate of drug-likeness (QED) is 0.781. The molecule has 0 aliphatic carbocycles. The molecule has 0 bridgehead atoms. The van der Waals surface area contributed by atoms with Gasteiger partial charge < -0.3 is 5.32 Å². The van der Waals surface area contributed by atoms with E-state index in [0.717, 1.165) is 12.0 Å². The first-order valence-corrected chi connectivity index (χ1v) is 4.76. The van der Waals surface area contributed by atoms with Crippen molar-refractivity contribution in [3.63, 3.8) is 0 Å². The molecule has 0 aliphatic rings. The number of hydrogen-bond donors (Lipinski definition) is 2. The zero-order valence-electron chi connectivity index (χ0n) is 8.50. The van der Waals surface area contributed by atoms with E-state index in [-0.39, 0.29) is 8.88 Å². The molecule has 14 heavy (non-hydrogen) atoms. The summed E-state index contributed by atoms with van der Waals surface area (Å²) in [5.41, 5.74) is 1.16. The Hall–Kier alpha value is -1.58.